The predicted molar refractivity (Wildman–Crippen MR) is 147 cm³/mol. The molecule has 1 aliphatic rings. The quantitative estimate of drug-likeness (QED) is 0.139. The number of nitrogens with zero attached hydrogens (tertiary/aromatic N) is 3. The number of nitrogens with one attached hydrogen (secondary N) is 3. The first-order chi connectivity index (χ1) is 19.3. The Morgan fingerprint density at radius 2 is 1.75 bits per heavy atom. The van der Waals surface area contributed by atoms with E-state index < -0.39 is 28.9 Å². The Balaban J connectivity index is 1.28. The molecule has 3 N–H and O–H groups in total. The average Bonchev–Trinajstić information content (AvgIpc) is 3.60. The molecule has 1 aliphatic carbocycles. The van der Waals surface area contributed by atoms with Gasteiger partial charge < -0.3 is 15.4 Å². The highest BCUT2D eigenvalue weighted by Crippen LogP contribution is 2.47. The van der Waals surface area contributed by atoms with Crippen molar-refractivity contribution < 1.29 is 23.1 Å². The SMILES string of the molecule is C=Nc1cc(-c2cn[nH]c2)ncc1/C(=C\C)Oc1ccc(NC(=O)C2(C(=O)Nc3ccc(F)cc3)CC2)cc1F. The van der Waals surface area contributed by atoms with Gasteiger partial charge in [0.25, 0.3) is 0 Å². The molecule has 2 aromatic carbocycles. The van der Waals surface area contributed by atoms with E-state index in [1.807, 2.05) is 0 Å². The standard InChI is InChI=1S/C29H24F2N6O3/c1-3-25(21-16-33-23(13-24(21)32-2)17-14-34-35-15-17)40-26-9-8-20(12-22(26)31)37-28(39)29(10-11-29)27(38)36-19-6-4-18(30)5-7-19/h3-9,12-16H,2,10-11H2,1H3,(H,34,35)(H,36,38)(H,37,39)/b25-3+. The van der Waals surface area contributed by atoms with Crippen molar-refractivity contribution in [2.75, 3.05) is 10.6 Å². The number of H-pyrrole nitrogens is 1. The maximum Gasteiger partial charge on any atom is 0.240 e. The summed E-state index contributed by atoms with van der Waals surface area (Å²) in [6, 6.07) is 10.9. The number of carbonyl (C=O) groups excluding carboxylic acids is 2. The van der Waals surface area contributed by atoms with Crippen molar-refractivity contribution in [1.29, 1.82) is 0 Å². The first kappa shape index (κ1) is 26.4. The van der Waals surface area contributed by atoms with E-state index in [-0.39, 0.29) is 11.4 Å². The van der Waals surface area contributed by atoms with Crippen LogP contribution in [0.15, 0.2) is 78.2 Å². The number of pyridine rings is 1. The molecule has 5 rings (SSSR count). The summed E-state index contributed by atoms with van der Waals surface area (Å²) in [6.45, 7) is 5.34. The number of anilines is 2. The van der Waals surface area contributed by atoms with Crippen LogP contribution in [-0.2, 0) is 9.59 Å². The molecule has 1 fully saturated rings. The Morgan fingerprint density at radius 1 is 1.05 bits per heavy atom. The molecule has 9 nitrogen and oxygen atoms in total. The Bertz CT molecular complexity index is 1610. The van der Waals surface area contributed by atoms with Gasteiger partial charge in [0.15, 0.2) is 11.6 Å². The number of ether oxygens (including phenoxy) is 1. The smallest absolute Gasteiger partial charge is 0.240 e. The lowest BCUT2D eigenvalue weighted by Gasteiger charge is -2.16. The van der Waals surface area contributed by atoms with Gasteiger partial charge >= 0.3 is 0 Å². The first-order valence-corrected chi connectivity index (χ1v) is 12.3. The molecule has 0 saturated heterocycles. The summed E-state index contributed by atoms with van der Waals surface area (Å²) in [6.07, 6.45) is 7.21. The zero-order valence-corrected chi connectivity index (χ0v) is 21.4. The number of amides is 2. The molecule has 2 amide bonds. The van der Waals surface area contributed by atoms with Crippen molar-refractivity contribution in [3.05, 3.63) is 90.4 Å². The van der Waals surface area contributed by atoms with Crippen molar-refractivity contribution >= 4 is 41.4 Å². The highest BCUT2D eigenvalue weighted by atomic mass is 19.1. The number of hydrogen-bond donors (Lipinski definition) is 3. The largest absolute Gasteiger partial charge is 0.454 e. The molecule has 1 saturated carbocycles. The van der Waals surface area contributed by atoms with E-state index in [0.29, 0.717) is 41.2 Å². The zero-order valence-electron chi connectivity index (χ0n) is 21.4. The Labute approximate surface area is 228 Å². The number of carbonyl (C=O) groups is 2. The normalized spacial score (nSPS) is 13.8. The molecule has 0 radical (unpaired) electrons. The van der Waals surface area contributed by atoms with Gasteiger partial charge in [0.05, 0.1) is 23.1 Å². The summed E-state index contributed by atoms with van der Waals surface area (Å²) in [7, 11) is 0. The lowest BCUT2D eigenvalue weighted by atomic mass is 10.0. The highest BCUT2D eigenvalue weighted by Gasteiger charge is 2.56. The third-order valence-electron chi connectivity index (χ3n) is 6.51. The van der Waals surface area contributed by atoms with Crippen molar-refractivity contribution in [3.8, 4) is 17.0 Å². The van der Waals surface area contributed by atoms with Gasteiger partial charge in [0, 0.05) is 35.4 Å². The van der Waals surface area contributed by atoms with E-state index in [2.05, 4.69) is 37.5 Å². The van der Waals surface area contributed by atoms with Crippen LogP contribution in [0, 0.1) is 17.0 Å². The second kappa shape index (κ2) is 10.9. The lowest BCUT2D eigenvalue weighted by Crippen LogP contribution is -2.35. The molecule has 11 heteroatoms. The fourth-order valence-corrected chi connectivity index (χ4v) is 4.08. The van der Waals surface area contributed by atoms with Gasteiger partial charge in [-0.3, -0.25) is 24.7 Å². The van der Waals surface area contributed by atoms with Crippen molar-refractivity contribution in [3.63, 3.8) is 0 Å². The van der Waals surface area contributed by atoms with E-state index in [1.165, 1.54) is 36.4 Å². The number of aromatic amines is 1. The molecule has 0 aliphatic heterocycles. The fourth-order valence-electron chi connectivity index (χ4n) is 4.08. The minimum Gasteiger partial charge on any atom is -0.454 e. The summed E-state index contributed by atoms with van der Waals surface area (Å²) in [4.78, 5) is 34.2. The maximum absolute atomic E-state index is 15.1. The lowest BCUT2D eigenvalue weighted by molar-refractivity contribution is -0.131. The van der Waals surface area contributed by atoms with E-state index >= 15 is 4.39 Å². The van der Waals surface area contributed by atoms with Crippen LogP contribution in [0.25, 0.3) is 17.0 Å². The highest BCUT2D eigenvalue weighted by molar-refractivity contribution is 6.16. The number of benzene rings is 2. The van der Waals surface area contributed by atoms with Gasteiger partial charge in [0.1, 0.15) is 17.0 Å². The Morgan fingerprint density at radius 3 is 2.35 bits per heavy atom. The molecule has 0 atom stereocenters. The molecular formula is C29H24F2N6O3. The second-order valence-corrected chi connectivity index (χ2v) is 9.13. The summed E-state index contributed by atoms with van der Waals surface area (Å²) >= 11 is 0. The number of allylic oxidation sites excluding steroid dienone is 1. The van der Waals surface area contributed by atoms with E-state index in [1.54, 1.807) is 37.7 Å². The van der Waals surface area contributed by atoms with Crippen LogP contribution in [0.5, 0.6) is 5.75 Å². The van der Waals surface area contributed by atoms with Crippen LogP contribution in [0.3, 0.4) is 0 Å². The van der Waals surface area contributed by atoms with E-state index in [0.717, 1.165) is 11.6 Å². The fraction of sp³-hybridized carbons (Fsp3) is 0.138. The monoisotopic (exact) mass is 542 g/mol. The molecular weight excluding hydrogens is 518 g/mol. The third kappa shape index (κ3) is 5.35. The molecule has 202 valence electrons. The molecule has 0 unspecified atom stereocenters. The third-order valence-corrected chi connectivity index (χ3v) is 6.51. The van der Waals surface area contributed by atoms with E-state index in [9.17, 15) is 14.0 Å². The van der Waals surface area contributed by atoms with Crippen LogP contribution in [-0.4, -0.2) is 33.7 Å². The molecule has 2 aromatic heterocycles. The van der Waals surface area contributed by atoms with Crippen LogP contribution >= 0.6 is 0 Å². The van der Waals surface area contributed by atoms with Crippen LogP contribution < -0.4 is 15.4 Å². The molecule has 40 heavy (non-hydrogen) atoms. The molecule has 2 heterocycles. The van der Waals surface area contributed by atoms with Crippen LogP contribution in [0.4, 0.5) is 25.8 Å². The van der Waals surface area contributed by atoms with Crippen LogP contribution in [0.1, 0.15) is 25.3 Å². The van der Waals surface area contributed by atoms with Crippen molar-refractivity contribution in [2.45, 2.75) is 19.8 Å². The minimum atomic E-state index is -1.28. The van der Waals surface area contributed by atoms with Gasteiger partial charge in [-0.05, 0) is 75.0 Å². The van der Waals surface area contributed by atoms with Gasteiger partial charge in [-0.1, -0.05) is 0 Å². The summed E-state index contributed by atoms with van der Waals surface area (Å²) in [5.74, 6) is -2.01. The second-order valence-electron chi connectivity index (χ2n) is 9.13. The first-order valence-electron chi connectivity index (χ1n) is 12.3. The van der Waals surface area contributed by atoms with Gasteiger partial charge in [-0.15, -0.1) is 0 Å². The van der Waals surface area contributed by atoms with Crippen molar-refractivity contribution in [1.82, 2.24) is 15.2 Å². The Kier molecular flexibility index (Phi) is 7.19. The van der Waals surface area contributed by atoms with Gasteiger partial charge in [-0.2, -0.15) is 5.10 Å². The average molecular weight is 543 g/mol. The predicted octanol–water partition coefficient (Wildman–Crippen LogP) is 5.88. The Hall–Kier alpha value is -5.19. The number of rotatable bonds is 9. The zero-order chi connectivity index (χ0) is 28.3. The number of hydrogen-bond acceptors (Lipinski definition) is 6. The van der Waals surface area contributed by atoms with Gasteiger partial charge in [0.2, 0.25) is 11.8 Å². The van der Waals surface area contributed by atoms with Gasteiger partial charge in [-0.25, -0.2) is 8.78 Å². The molecule has 4 aromatic rings. The number of halogens is 2. The van der Waals surface area contributed by atoms with E-state index in [4.69, 9.17) is 4.74 Å². The van der Waals surface area contributed by atoms with Crippen LogP contribution in [0.2, 0.25) is 0 Å². The summed E-state index contributed by atoms with van der Waals surface area (Å²) in [5.41, 5.74) is 1.64. The summed E-state index contributed by atoms with van der Waals surface area (Å²) in [5, 5.41) is 11.9. The minimum absolute atomic E-state index is 0.0878. The van der Waals surface area contributed by atoms with Crippen molar-refractivity contribution in [2.24, 2.45) is 10.4 Å². The topological polar surface area (TPSA) is 121 Å². The molecule has 0 spiro atoms. The summed E-state index contributed by atoms with van der Waals surface area (Å²) < 4.78 is 34.0. The number of aliphatic imine (C=N–C) groups is 1. The molecule has 0 bridgehead atoms. The maximum atomic E-state index is 15.1. The number of aromatic nitrogens is 3.